The number of anilines is 1. The molecule has 0 amide bonds. The zero-order valence-electron chi connectivity index (χ0n) is 12.4. The molecule has 1 aliphatic rings. The monoisotopic (exact) mass is 333 g/mol. The van der Waals surface area contributed by atoms with Gasteiger partial charge in [0.25, 0.3) is 5.56 Å². The Hall–Kier alpha value is -2.34. The Morgan fingerprint density at radius 3 is 2.48 bits per heavy atom. The van der Waals surface area contributed by atoms with Crippen molar-refractivity contribution in [3.05, 3.63) is 45.8 Å². The number of halogens is 1. The quantitative estimate of drug-likeness (QED) is 0.928. The topological polar surface area (TPSA) is 75.4 Å². The standard InChI is InChI=1S/C16H16ClN3O3/c17-14-13(11-6-2-1-3-7-11)20(10-12(21)22)16(23)15(18-14)19-8-4-5-9-19/h1-3,6-7H,4-5,8-10H2,(H,21,22). The van der Waals surface area contributed by atoms with Crippen molar-refractivity contribution in [2.45, 2.75) is 19.4 Å². The van der Waals surface area contributed by atoms with Gasteiger partial charge in [-0.25, -0.2) is 4.98 Å². The summed E-state index contributed by atoms with van der Waals surface area (Å²) in [6.07, 6.45) is 1.97. The van der Waals surface area contributed by atoms with E-state index < -0.39 is 18.1 Å². The van der Waals surface area contributed by atoms with Gasteiger partial charge in [0, 0.05) is 18.7 Å². The minimum atomic E-state index is -1.10. The molecular formula is C16H16ClN3O3. The van der Waals surface area contributed by atoms with Crippen molar-refractivity contribution in [2.24, 2.45) is 0 Å². The number of rotatable bonds is 4. The Balaban J connectivity index is 2.21. The summed E-state index contributed by atoms with van der Waals surface area (Å²) in [4.78, 5) is 30.1. The molecule has 1 fully saturated rings. The van der Waals surface area contributed by atoms with Gasteiger partial charge in [0.05, 0.1) is 5.69 Å². The first-order valence-electron chi connectivity index (χ1n) is 7.40. The molecule has 120 valence electrons. The number of benzene rings is 1. The van der Waals surface area contributed by atoms with Crippen molar-refractivity contribution in [2.75, 3.05) is 18.0 Å². The second-order valence-electron chi connectivity index (χ2n) is 5.42. The van der Waals surface area contributed by atoms with Crippen molar-refractivity contribution in [3.8, 4) is 11.3 Å². The van der Waals surface area contributed by atoms with Crippen LogP contribution in [0.25, 0.3) is 11.3 Å². The maximum Gasteiger partial charge on any atom is 0.323 e. The summed E-state index contributed by atoms with van der Waals surface area (Å²) in [5, 5.41) is 9.31. The molecule has 1 saturated heterocycles. The summed E-state index contributed by atoms with van der Waals surface area (Å²) in [7, 11) is 0. The van der Waals surface area contributed by atoms with E-state index in [1.165, 1.54) is 4.57 Å². The molecule has 0 atom stereocenters. The van der Waals surface area contributed by atoms with E-state index in [0.717, 1.165) is 25.9 Å². The summed E-state index contributed by atoms with van der Waals surface area (Å²) in [5.41, 5.74) is 0.580. The maximum absolute atomic E-state index is 12.8. The van der Waals surface area contributed by atoms with Crippen LogP contribution in [0.4, 0.5) is 5.82 Å². The van der Waals surface area contributed by atoms with Crippen LogP contribution in [-0.2, 0) is 11.3 Å². The van der Waals surface area contributed by atoms with E-state index in [2.05, 4.69) is 4.98 Å². The van der Waals surface area contributed by atoms with Crippen molar-refractivity contribution >= 4 is 23.4 Å². The molecule has 1 aromatic heterocycles. The predicted octanol–water partition coefficient (Wildman–Crippen LogP) is 2.25. The molecule has 0 saturated carbocycles. The Morgan fingerprint density at radius 2 is 1.87 bits per heavy atom. The average Bonchev–Trinajstić information content (AvgIpc) is 3.05. The molecule has 2 aromatic rings. The van der Waals surface area contributed by atoms with Gasteiger partial charge in [-0.3, -0.25) is 14.2 Å². The van der Waals surface area contributed by atoms with Crippen molar-refractivity contribution in [3.63, 3.8) is 0 Å². The van der Waals surface area contributed by atoms with E-state index in [-0.39, 0.29) is 11.0 Å². The summed E-state index contributed by atoms with van der Waals surface area (Å²) in [6.45, 7) is 1.01. The minimum absolute atomic E-state index is 0.138. The van der Waals surface area contributed by atoms with Gasteiger partial charge in [0.2, 0.25) is 0 Å². The largest absolute Gasteiger partial charge is 0.480 e. The lowest BCUT2D eigenvalue weighted by Gasteiger charge is -2.20. The molecule has 2 heterocycles. The fourth-order valence-corrected chi connectivity index (χ4v) is 3.11. The summed E-state index contributed by atoms with van der Waals surface area (Å²) in [5.74, 6) is -0.868. The van der Waals surface area contributed by atoms with Crippen LogP contribution in [0.3, 0.4) is 0 Å². The van der Waals surface area contributed by atoms with Crippen LogP contribution in [-0.4, -0.2) is 33.7 Å². The molecule has 3 rings (SSSR count). The zero-order valence-corrected chi connectivity index (χ0v) is 13.2. The van der Waals surface area contributed by atoms with E-state index in [4.69, 9.17) is 11.6 Å². The van der Waals surface area contributed by atoms with Crippen LogP contribution in [0.1, 0.15) is 12.8 Å². The van der Waals surface area contributed by atoms with E-state index in [0.29, 0.717) is 11.3 Å². The normalized spacial score (nSPS) is 14.2. The van der Waals surface area contributed by atoms with Gasteiger partial charge in [-0.05, 0) is 12.8 Å². The lowest BCUT2D eigenvalue weighted by atomic mass is 10.1. The van der Waals surface area contributed by atoms with E-state index in [1.54, 1.807) is 24.3 Å². The second-order valence-corrected chi connectivity index (χ2v) is 5.78. The van der Waals surface area contributed by atoms with Crippen molar-refractivity contribution < 1.29 is 9.90 Å². The van der Waals surface area contributed by atoms with Crippen LogP contribution in [0.2, 0.25) is 5.15 Å². The van der Waals surface area contributed by atoms with Crippen molar-refractivity contribution in [1.29, 1.82) is 0 Å². The molecule has 0 bridgehead atoms. The SMILES string of the molecule is O=C(O)Cn1c(-c2ccccc2)c(Cl)nc(N2CCCC2)c1=O. The molecule has 1 N–H and O–H groups in total. The molecule has 0 aliphatic carbocycles. The van der Waals surface area contributed by atoms with E-state index in [9.17, 15) is 14.7 Å². The van der Waals surface area contributed by atoms with Crippen LogP contribution >= 0.6 is 11.6 Å². The molecule has 6 nitrogen and oxygen atoms in total. The van der Waals surface area contributed by atoms with Gasteiger partial charge in [0.15, 0.2) is 11.0 Å². The van der Waals surface area contributed by atoms with Gasteiger partial charge in [-0.2, -0.15) is 0 Å². The lowest BCUT2D eigenvalue weighted by molar-refractivity contribution is -0.137. The number of aliphatic carboxylic acids is 1. The highest BCUT2D eigenvalue weighted by Gasteiger charge is 2.23. The molecule has 0 spiro atoms. The number of carboxylic acid groups (broad SMARTS) is 1. The number of carbonyl (C=O) groups is 1. The van der Waals surface area contributed by atoms with Gasteiger partial charge >= 0.3 is 5.97 Å². The molecule has 7 heteroatoms. The third-order valence-electron chi connectivity index (χ3n) is 3.85. The molecule has 1 aliphatic heterocycles. The number of nitrogens with zero attached hydrogens (tertiary/aromatic N) is 3. The maximum atomic E-state index is 12.8. The summed E-state index contributed by atoms with van der Waals surface area (Å²) in [6, 6.07) is 8.99. The minimum Gasteiger partial charge on any atom is -0.480 e. The third-order valence-corrected chi connectivity index (χ3v) is 4.12. The van der Waals surface area contributed by atoms with Gasteiger partial charge < -0.3 is 10.0 Å². The molecule has 23 heavy (non-hydrogen) atoms. The van der Waals surface area contributed by atoms with Crippen LogP contribution in [0.15, 0.2) is 35.1 Å². The zero-order chi connectivity index (χ0) is 16.4. The van der Waals surface area contributed by atoms with E-state index >= 15 is 0 Å². The van der Waals surface area contributed by atoms with E-state index in [1.807, 2.05) is 11.0 Å². The molecular weight excluding hydrogens is 318 g/mol. The van der Waals surface area contributed by atoms with Crippen LogP contribution in [0, 0.1) is 0 Å². The third kappa shape index (κ3) is 3.07. The molecule has 0 radical (unpaired) electrons. The molecule has 1 aromatic carbocycles. The highest BCUT2D eigenvalue weighted by atomic mass is 35.5. The highest BCUT2D eigenvalue weighted by molar-refractivity contribution is 6.32. The first-order valence-corrected chi connectivity index (χ1v) is 7.78. The lowest BCUT2D eigenvalue weighted by Crippen LogP contribution is -2.34. The highest BCUT2D eigenvalue weighted by Crippen LogP contribution is 2.27. The van der Waals surface area contributed by atoms with Crippen LogP contribution in [0.5, 0.6) is 0 Å². The fraction of sp³-hybridized carbons (Fsp3) is 0.312. The molecule has 0 unspecified atom stereocenters. The summed E-state index contributed by atoms with van der Waals surface area (Å²) >= 11 is 6.31. The van der Waals surface area contributed by atoms with Gasteiger partial charge in [-0.15, -0.1) is 0 Å². The number of carboxylic acids is 1. The Labute approximate surface area is 138 Å². The first kappa shape index (κ1) is 15.6. The Bertz CT molecular complexity index is 783. The number of aromatic nitrogens is 2. The predicted molar refractivity (Wildman–Crippen MR) is 88.0 cm³/mol. The number of hydrogen-bond acceptors (Lipinski definition) is 4. The van der Waals surface area contributed by atoms with Gasteiger partial charge in [0.1, 0.15) is 6.54 Å². The fourth-order valence-electron chi connectivity index (χ4n) is 2.82. The second kappa shape index (κ2) is 6.42. The summed E-state index contributed by atoms with van der Waals surface area (Å²) < 4.78 is 1.20. The number of hydrogen-bond donors (Lipinski definition) is 1. The van der Waals surface area contributed by atoms with Gasteiger partial charge in [-0.1, -0.05) is 41.9 Å². The van der Waals surface area contributed by atoms with Crippen LogP contribution < -0.4 is 10.5 Å². The average molecular weight is 334 g/mol. The Kier molecular flexibility index (Phi) is 4.34. The van der Waals surface area contributed by atoms with Crippen molar-refractivity contribution in [1.82, 2.24) is 9.55 Å². The first-order chi connectivity index (χ1) is 11.1. The smallest absolute Gasteiger partial charge is 0.323 e. The Morgan fingerprint density at radius 1 is 1.22 bits per heavy atom.